The van der Waals surface area contributed by atoms with Crippen LogP contribution in [0.4, 0.5) is 11.4 Å². The van der Waals surface area contributed by atoms with Gasteiger partial charge in [0.2, 0.25) is 5.91 Å². The second-order valence-corrected chi connectivity index (χ2v) is 5.70. The van der Waals surface area contributed by atoms with Gasteiger partial charge in [0.05, 0.1) is 12.3 Å². The second kappa shape index (κ2) is 7.25. The number of carbonyl (C=O) groups is 1. The zero-order chi connectivity index (χ0) is 17.8. The lowest BCUT2D eigenvalue weighted by Gasteiger charge is -2.17. The molecule has 130 valence electrons. The number of nitrogens with one attached hydrogen (secondary N) is 2. The highest BCUT2D eigenvalue weighted by atomic mass is 16.5. The fourth-order valence-corrected chi connectivity index (χ4v) is 2.54. The molecule has 1 amide bonds. The lowest BCUT2D eigenvalue weighted by Crippen LogP contribution is -2.32. The fourth-order valence-electron chi connectivity index (χ4n) is 2.54. The average molecular weight is 339 g/mol. The quantitative estimate of drug-likeness (QED) is 0.710. The fraction of sp³-hybridized carbons (Fsp3) is 0.263. The number of aromatic nitrogens is 1. The lowest BCUT2D eigenvalue weighted by molar-refractivity contribution is -0.116. The smallest absolute Gasteiger partial charge is 0.246 e. The van der Waals surface area contributed by atoms with E-state index in [-0.39, 0.29) is 5.91 Å². The molecule has 6 heteroatoms. The van der Waals surface area contributed by atoms with E-state index in [0.29, 0.717) is 23.9 Å². The normalized spacial score (nSPS) is 12.0. The molecular weight excluding hydrogens is 318 g/mol. The molecule has 0 saturated heterocycles. The number of benzene rings is 2. The van der Waals surface area contributed by atoms with Gasteiger partial charge in [0.25, 0.3) is 0 Å². The number of para-hydroxylation sites is 2. The Bertz CT molecular complexity index is 889. The summed E-state index contributed by atoms with van der Waals surface area (Å²) >= 11 is 0. The highest BCUT2D eigenvalue weighted by Crippen LogP contribution is 2.24. The first kappa shape index (κ1) is 16.8. The van der Waals surface area contributed by atoms with Gasteiger partial charge in [0, 0.05) is 12.6 Å². The molecule has 0 fully saturated rings. The van der Waals surface area contributed by atoms with Gasteiger partial charge in [-0.2, -0.15) is 0 Å². The van der Waals surface area contributed by atoms with E-state index in [1.54, 1.807) is 13.8 Å². The molecule has 0 radical (unpaired) electrons. The number of amides is 1. The molecule has 1 atom stereocenters. The predicted molar refractivity (Wildman–Crippen MR) is 98.1 cm³/mol. The van der Waals surface area contributed by atoms with Crippen LogP contribution in [0.5, 0.6) is 5.75 Å². The van der Waals surface area contributed by atoms with E-state index in [1.165, 1.54) is 0 Å². The van der Waals surface area contributed by atoms with Crippen LogP contribution in [0.1, 0.15) is 19.7 Å². The first-order valence-electron chi connectivity index (χ1n) is 8.23. The van der Waals surface area contributed by atoms with Crippen molar-refractivity contribution < 1.29 is 13.9 Å². The van der Waals surface area contributed by atoms with Gasteiger partial charge in [-0.1, -0.05) is 12.1 Å². The number of hydrogen-bond acceptors (Lipinski definition) is 5. The first-order chi connectivity index (χ1) is 12.1. The van der Waals surface area contributed by atoms with Gasteiger partial charge in [0.1, 0.15) is 17.3 Å². The Morgan fingerprint density at radius 1 is 1.28 bits per heavy atom. The Labute approximate surface area is 146 Å². The van der Waals surface area contributed by atoms with Crippen LogP contribution in [0.25, 0.3) is 11.1 Å². The van der Waals surface area contributed by atoms with Gasteiger partial charge in [-0.25, -0.2) is 4.98 Å². The largest absolute Gasteiger partial charge is 0.492 e. The van der Waals surface area contributed by atoms with Crippen LogP contribution in [-0.2, 0) is 4.79 Å². The van der Waals surface area contributed by atoms with Crippen molar-refractivity contribution in [2.24, 2.45) is 0 Å². The lowest BCUT2D eigenvalue weighted by atomic mass is 10.2. The number of oxazole rings is 1. The van der Waals surface area contributed by atoms with E-state index in [4.69, 9.17) is 9.15 Å². The highest BCUT2D eigenvalue weighted by molar-refractivity contribution is 5.97. The Hall–Kier alpha value is -3.02. The molecule has 0 aliphatic rings. The molecule has 6 nitrogen and oxygen atoms in total. The molecule has 0 bridgehead atoms. The Morgan fingerprint density at radius 3 is 2.88 bits per heavy atom. The van der Waals surface area contributed by atoms with Crippen LogP contribution in [-0.4, -0.2) is 23.5 Å². The summed E-state index contributed by atoms with van der Waals surface area (Å²) in [6, 6.07) is 12.5. The molecule has 0 aliphatic heterocycles. The molecule has 1 heterocycles. The monoisotopic (exact) mass is 339 g/mol. The molecule has 2 aromatic carbocycles. The molecule has 0 aliphatic carbocycles. The third-order valence-corrected chi connectivity index (χ3v) is 3.72. The number of ether oxygens (including phenoxy) is 1. The predicted octanol–water partition coefficient (Wildman–Crippen LogP) is 3.97. The number of nitrogens with zero attached hydrogens (tertiary/aromatic N) is 1. The SMILES string of the molecule is CCOc1ccccc1NC(=O)[C@@H](C)Nc1ccc2oc(C)nc2c1. The van der Waals surface area contributed by atoms with E-state index >= 15 is 0 Å². The Morgan fingerprint density at radius 2 is 2.08 bits per heavy atom. The molecule has 2 N–H and O–H groups in total. The van der Waals surface area contributed by atoms with Crippen LogP contribution in [0.3, 0.4) is 0 Å². The topological polar surface area (TPSA) is 76.4 Å². The van der Waals surface area contributed by atoms with Crippen molar-refractivity contribution in [2.45, 2.75) is 26.8 Å². The van der Waals surface area contributed by atoms with Crippen LogP contribution in [0.15, 0.2) is 46.9 Å². The van der Waals surface area contributed by atoms with Crippen molar-refractivity contribution in [2.75, 3.05) is 17.2 Å². The summed E-state index contributed by atoms with van der Waals surface area (Å²) < 4.78 is 11.0. The van der Waals surface area contributed by atoms with Crippen LogP contribution < -0.4 is 15.4 Å². The Balaban J connectivity index is 1.69. The number of aryl methyl sites for hydroxylation is 1. The molecule has 25 heavy (non-hydrogen) atoms. The van der Waals surface area contributed by atoms with E-state index in [1.807, 2.05) is 49.4 Å². The van der Waals surface area contributed by atoms with Gasteiger partial charge in [-0.15, -0.1) is 0 Å². The van der Waals surface area contributed by atoms with Gasteiger partial charge >= 0.3 is 0 Å². The maximum atomic E-state index is 12.5. The summed E-state index contributed by atoms with van der Waals surface area (Å²) in [7, 11) is 0. The zero-order valence-corrected chi connectivity index (χ0v) is 14.5. The van der Waals surface area contributed by atoms with Gasteiger partial charge in [-0.05, 0) is 44.2 Å². The Kier molecular flexibility index (Phi) is 4.88. The molecule has 3 rings (SSSR count). The summed E-state index contributed by atoms with van der Waals surface area (Å²) in [6.45, 7) is 6.05. The average Bonchev–Trinajstić information content (AvgIpc) is 2.96. The van der Waals surface area contributed by atoms with Crippen LogP contribution in [0.2, 0.25) is 0 Å². The third kappa shape index (κ3) is 3.91. The first-order valence-corrected chi connectivity index (χ1v) is 8.23. The molecular formula is C19H21N3O3. The van der Waals surface area contributed by atoms with Crippen LogP contribution in [0, 0.1) is 6.92 Å². The number of hydrogen-bond donors (Lipinski definition) is 2. The van der Waals surface area contributed by atoms with Gasteiger partial charge < -0.3 is 19.8 Å². The van der Waals surface area contributed by atoms with Crippen molar-refractivity contribution in [1.29, 1.82) is 0 Å². The summed E-state index contributed by atoms with van der Waals surface area (Å²) in [6.07, 6.45) is 0. The summed E-state index contributed by atoms with van der Waals surface area (Å²) in [5.74, 6) is 1.12. The minimum Gasteiger partial charge on any atom is -0.492 e. The summed E-state index contributed by atoms with van der Waals surface area (Å²) in [4.78, 5) is 16.8. The van der Waals surface area contributed by atoms with Crippen molar-refractivity contribution in [3.8, 4) is 5.75 Å². The third-order valence-electron chi connectivity index (χ3n) is 3.72. The van der Waals surface area contributed by atoms with Crippen LogP contribution >= 0.6 is 0 Å². The van der Waals surface area contributed by atoms with E-state index < -0.39 is 6.04 Å². The maximum absolute atomic E-state index is 12.5. The van der Waals surface area contributed by atoms with Crippen molar-refractivity contribution in [3.05, 3.63) is 48.4 Å². The number of fused-ring (bicyclic) bond motifs is 1. The minimum absolute atomic E-state index is 0.149. The van der Waals surface area contributed by atoms with Crippen molar-refractivity contribution >= 4 is 28.4 Å². The maximum Gasteiger partial charge on any atom is 0.246 e. The van der Waals surface area contributed by atoms with E-state index in [9.17, 15) is 4.79 Å². The molecule has 3 aromatic rings. The molecule has 1 aromatic heterocycles. The summed E-state index contributed by atoms with van der Waals surface area (Å²) in [5, 5.41) is 6.08. The number of anilines is 2. The summed E-state index contributed by atoms with van der Waals surface area (Å²) in [5.41, 5.74) is 2.95. The van der Waals surface area contributed by atoms with Gasteiger partial charge in [-0.3, -0.25) is 4.79 Å². The molecule has 0 spiro atoms. The molecule has 0 saturated carbocycles. The van der Waals surface area contributed by atoms with E-state index in [2.05, 4.69) is 15.6 Å². The zero-order valence-electron chi connectivity index (χ0n) is 14.5. The van der Waals surface area contributed by atoms with E-state index in [0.717, 1.165) is 16.8 Å². The van der Waals surface area contributed by atoms with Crippen molar-refractivity contribution in [1.82, 2.24) is 4.98 Å². The van der Waals surface area contributed by atoms with Crippen molar-refractivity contribution in [3.63, 3.8) is 0 Å². The minimum atomic E-state index is -0.430. The number of rotatable bonds is 6. The van der Waals surface area contributed by atoms with Gasteiger partial charge in [0.15, 0.2) is 11.5 Å². The second-order valence-electron chi connectivity index (χ2n) is 5.70. The molecule has 0 unspecified atom stereocenters. The number of carbonyl (C=O) groups excluding carboxylic acids is 1. The standard InChI is InChI=1S/C19H21N3O3/c1-4-24-17-8-6-5-7-15(17)22-19(23)12(2)20-14-9-10-18-16(11-14)21-13(3)25-18/h5-12,20H,4H2,1-3H3,(H,22,23)/t12-/m1/s1. The highest BCUT2D eigenvalue weighted by Gasteiger charge is 2.15.